The van der Waals surface area contributed by atoms with Crippen LogP contribution in [-0.2, 0) is 11.0 Å². The third-order valence-electron chi connectivity index (χ3n) is 3.55. The second kappa shape index (κ2) is 5.88. The lowest BCUT2D eigenvalue weighted by Gasteiger charge is -2.36. The Hall–Kier alpha value is -0.143. The van der Waals surface area contributed by atoms with Gasteiger partial charge in [-0.25, -0.2) is 0 Å². The summed E-state index contributed by atoms with van der Waals surface area (Å²) < 4.78 is 8.86. The number of rotatable bonds is 4. The molecule has 0 aliphatic carbocycles. The summed E-state index contributed by atoms with van der Waals surface area (Å²) in [5.74, 6) is 0. The fraction of sp³-hybridized carbons (Fsp3) is 0.615. The van der Waals surface area contributed by atoms with E-state index in [1.165, 1.54) is 0 Å². The zero-order valence-electron chi connectivity index (χ0n) is 11.8. The molecule has 0 aliphatic heterocycles. The van der Waals surface area contributed by atoms with Gasteiger partial charge in [0.05, 0.1) is 6.61 Å². The minimum atomic E-state index is -1.71. The summed E-state index contributed by atoms with van der Waals surface area (Å²) in [6.45, 7) is 12.3. The highest BCUT2D eigenvalue weighted by Gasteiger charge is 2.36. The fourth-order valence-electron chi connectivity index (χ4n) is 1.29. The van der Waals surface area contributed by atoms with Gasteiger partial charge in [0, 0.05) is 22.4 Å². The van der Waals surface area contributed by atoms with Crippen molar-refractivity contribution in [2.45, 2.75) is 45.4 Å². The third-order valence-corrected chi connectivity index (χ3v) is 8.72. The average molecular weight is 379 g/mol. The van der Waals surface area contributed by atoms with Crippen LogP contribution in [0.15, 0.2) is 23.1 Å². The van der Waals surface area contributed by atoms with Gasteiger partial charge in [0.25, 0.3) is 5.56 Å². The Morgan fingerprint density at radius 3 is 2.50 bits per heavy atom. The highest BCUT2D eigenvalue weighted by Crippen LogP contribution is 2.36. The van der Waals surface area contributed by atoms with E-state index in [0.717, 1.165) is 3.57 Å². The van der Waals surface area contributed by atoms with Crippen molar-refractivity contribution in [2.24, 2.45) is 0 Å². The van der Waals surface area contributed by atoms with E-state index in [-0.39, 0.29) is 10.6 Å². The molecule has 0 radical (unpaired) electrons. The van der Waals surface area contributed by atoms with E-state index >= 15 is 0 Å². The molecule has 5 heteroatoms. The van der Waals surface area contributed by atoms with Gasteiger partial charge in [0.1, 0.15) is 0 Å². The molecule has 1 heterocycles. The number of pyridine rings is 1. The van der Waals surface area contributed by atoms with E-state index in [1.807, 2.05) is 12.3 Å². The zero-order valence-corrected chi connectivity index (χ0v) is 14.9. The number of halogens is 1. The minimum absolute atomic E-state index is 0.0363. The van der Waals surface area contributed by atoms with Crippen LogP contribution in [-0.4, -0.2) is 19.5 Å². The first-order valence-electron chi connectivity index (χ1n) is 6.13. The Morgan fingerprint density at radius 1 is 1.33 bits per heavy atom. The van der Waals surface area contributed by atoms with Crippen LogP contribution in [0.25, 0.3) is 0 Å². The molecule has 0 N–H and O–H groups in total. The zero-order chi connectivity index (χ0) is 14.0. The largest absolute Gasteiger partial charge is 0.415 e. The molecule has 0 saturated heterocycles. The summed E-state index contributed by atoms with van der Waals surface area (Å²) in [6, 6.07) is 3.43. The Morgan fingerprint density at radius 2 is 1.94 bits per heavy atom. The van der Waals surface area contributed by atoms with Crippen molar-refractivity contribution in [3.05, 3.63) is 32.3 Å². The van der Waals surface area contributed by atoms with Gasteiger partial charge in [-0.1, -0.05) is 20.8 Å². The second-order valence-corrected chi connectivity index (χ2v) is 12.0. The molecule has 0 aromatic carbocycles. The third kappa shape index (κ3) is 4.20. The van der Waals surface area contributed by atoms with Crippen LogP contribution in [0, 0.1) is 3.57 Å². The van der Waals surface area contributed by atoms with Crippen LogP contribution in [0.1, 0.15) is 20.8 Å². The number of nitrogens with zero attached hydrogens (tertiary/aromatic N) is 1. The summed E-state index contributed by atoms with van der Waals surface area (Å²) >= 11 is 2.21. The van der Waals surface area contributed by atoms with Crippen molar-refractivity contribution in [3.8, 4) is 0 Å². The molecule has 1 aromatic rings. The molecule has 18 heavy (non-hydrogen) atoms. The normalized spacial score (nSPS) is 12.8. The molecule has 0 spiro atoms. The number of hydrogen-bond acceptors (Lipinski definition) is 2. The molecule has 1 aromatic heterocycles. The summed E-state index contributed by atoms with van der Waals surface area (Å²) in [4.78, 5) is 11.6. The van der Waals surface area contributed by atoms with Crippen LogP contribution in [0.3, 0.4) is 0 Å². The van der Waals surface area contributed by atoms with Crippen molar-refractivity contribution in [1.29, 1.82) is 0 Å². The van der Waals surface area contributed by atoms with Gasteiger partial charge >= 0.3 is 0 Å². The van der Waals surface area contributed by atoms with Gasteiger partial charge in [-0.3, -0.25) is 4.79 Å². The molecular weight excluding hydrogens is 357 g/mol. The van der Waals surface area contributed by atoms with Gasteiger partial charge in [0.15, 0.2) is 8.32 Å². The van der Waals surface area contributed by atoms with Crippen molar-refractivity contribution < 1.29 is 4.43 Å². The summed E-state index contributed by atoms with van der Waals surface area (Å²) in [7, 11) is -1.71. The smallest absolute Gasteiger partial charge is 0.250 e. The van der Waals surface area contributed by atoms with E-state index in [2.05, 4.69) is 56.5 Å². The molecule has 0 fully saturated rings. The van der Waals surface area contributed by atoms with E-state index in [9.17, 15) is 4.79 Å². The topological polar surface area (TPSA) is 31.2 Å². The SMILES string of the molecule is CC(C)(C)[Si](C)(C)OCCn1cc(I)ccc1=O. The first-order chi connectivity index (χ1) is 8.13. The van der Waals surface area contributed by atoms with Gasteiger partial charge < -0.3 is 8.99 Å². The lowest BCUT2D eigenvalue weighted by atomic mass is 10.2. The maximum absolute atomic E-state index is 11.6. The molecule has 1 rings (SSSR count). The fourth-order valence-corrected chi connectivity index (χ4v) is 2.84. The summed E-state index contributed by atoms with van der Waals surface area (Å²) in [6.07, 6.45) is 1.87. The van der Waals surface area contributed by atoms with Gasteiger partial charge in [-0.05, 0) is 46.8 Å². The Labute approximate surface area is 124 Å². The monoisotopic (exact) mass is 379 g/mol. The molecule has 0 aliphatic rings. The maximum Gasteiger partial charge on any atom is 0.250 e. The van der Waals surface area contributed by atoms with E-state index < -0.39 is 8.32 Å². The molecule has 0 saturated carbocycles. The minimum Gasteiger partial charge on any atom is -0.415 e. The van der Waals surface area contributed by atoms with Crippen molar-refractivity contribution in [2.75, 3.05) is 6.61 Å². The summed E-state index contributed by atoms with van der Waals surface area (Å²) in [5, 5.41) is 0.211. The molecule has 0 bridgehead atoms. The molecular formula is C13H22INO2Si. The van der Waals surface area contributed by atoms with E-state index in [1.54, 1.807) is 10.6 Å². The molecule has 0 atom stereocenters. The predicted octanol–water partition coefficient (Wildman–Crippen LogP) is 3.47. The lowest BCUT2D eigenvalue weighted by Crippen LogP contribution is -2.41. The Bertz CT molecular complexity index is 463. The van der Waals surface area contributed by atoms with Crippen LogP contribution in [0.4, 0.5) is 0 Å². The quantitative estimate of drug-likeness (QED) is 0.593. The van der Waals surface area contributed by atoms with Gasteiger partial charge in [-0.2, -0.15) is 0 Å². The Balaban J connectivity index is 2.62. The van der Waals surface area contributed by atoms with E-state index in [0.29, 0.717) is 13.2 Å². The number of hydrogen-bond donors (Lipinski definition) is 0. The highest BCUT2D eigenvalue weighted by molar-refractivity contribution is 14.1. The van der Waals surface area contributed by atoms with E-state index in [4.69, 9.17) is 4.43 Å². The Kier molecular flexibility index (Phi) is 5.19. The number of aromatic nitrogens is 1. The van der Waals surface area contributed by atoms with Gasteiger partial charge in [0.2, 0.25) is 0 Å². The highest BCUT2D eigenvalue weighted by atomic mass is 127. The van der Waals surface area contributed by atoms with Crippen LogP contribution < -0.4 is 5.56 Å². The van der Waals surface area contributed by atoms with Crippen molar-refractivity contribution in [1.82, 2.24) is 4.57 Å². The second-order valence-electron chi connectivity index (χ2n) is 5.99. The maximum atomic E-state index is 11.6. The summed E-state index contributed by atoms with van der Waals surface area (Å²) in [5.41, 5.74) is 0.0363. The van der Waals surface area contributed by atoms with Crippen LogP contribution >= 0.6 is 22.6 Å². The lowest BCUT2D eigenvalue weighted by molar-refractivity contribution is 0.270. The van der Waals surface area contributed by atoms with Crippen LogP contribution in [0.5, 0.6) is 0 Å². The molecule has 3 nitrogen and oxygen atoms in total. The first-order valence-corrected chi connectivity index (χ1v) is 10.1. The van der Waals surface area contributed by atoms with Crippen molar-refractivity contribution in [3.63, 3.8) is 0 Å². The van der Waals surface area contributed by atoms with Crippen LogP contribution in [0.2, 0.25) is 18.1 Å². The molecule has 102 valence electrons. The molecule has 0 amide bonds. The first kappa shape index (κ1) is 15.9. The van der Waals surface area contributed by atoms with Crippen molar-refractivity contribution >= 4 is 30.9 Å². The van der Waals surface area contributed by atoms with Gasteiger partial charge in [-0.15, -0.1) is 0 Å². The molecule has 0 unspecified atom stereocenters. The standard InChI is InChI=1S/C13H22INO2Si/c1-13(2,3)18(4,5)17-9-8-15-10-11(14)6-7-12(15)16/h6-7,10H,8-9H2,1-5H3. The average Bonchev–Trinajstić information content (AvgIpc) is 2.21. The predicted molar refractivity (Wildman–Crippen MR) is 86.6 cm³/mol.